The SMILES string of the molecule is Cn1c(=O)c(C#N)c(N(C)[C@H]2CC[C@@H](N(c3ccc(F)cc3)C3CCC3)CC2)c2nc(C#N)ccc21. The first-order valence-electron chi connectivity index (χ1n) is 12.5. The lowest BCUT2D eigenvalue weighted by Crippen LogP contribution is -2.50. The number of pyridine rings is 2. The number of nitrogens with zero attached hydrogens (tertiary/aromatic N) is 6. The number of rotatable bonds is 5. The number of fused-ring (bicyclic) bond motifs is 1. The molecule has 184 valence electrons. The largest absolute Gasteiger partial charge is 0.369 e. The second-order valence-corrected chi connectivity index (χ2v) is 9.92. The third-order valence-corrected chi connectivity index (χ3v) is 7.99. The van der Waals surface area contributed by atoms with Gasteiger partial charge in [0.05, 0.1) is 11.2 Å². The average molecular weight is 485 g/mol. The van der Waals surface area contributed by atoms with Crippen LogP contribution >= 0.6 is 0 Å². The van der Waals surface area contributed by atoms with Crippen LogP contribution in [0.5, 0.6) is 0 Å². The highest BCUT2D eigenvalue weighted by Gasteiger charge is 2.35. The Balaban J connectivity index is 1.44. The quantitative estimate of drug-likeness (QED) is 0.525. The van der Waals surface area contributed by atoms with Gasteiger partial charge in [-0.3, -0.25) is 4.79 Å². The van der Waals surface area contributed by atoms with Crippen LogP contribution in [0.15, 0.2) is 41.2 Å². The zero-order chi connectivity index (χ0) is 25.4. The number of halogens is 1. The number of aromatic nitrogens is 2. The van der Waals surface area contributed by atoms with Gasteiger partial charge in [0, 0.05) is 37.9 Å². The summed E-state index contributed by atoms with van der Waals surface area (Å²) in [6.45, 7) is 0. The molecular formula is C28H29FN6O. The minimum Gasteiger partial charge on any atom is -0.369 e. The van der Waals surface area contributed by atoms with Gasteiger partial charge in [0.1, 0.15) is 34.7 Å². The van der Waals surface area contributed by atoms with Crippen molar-refractivity contribution in [1.29, 1.82) is 10.5 Å². The van der Waals surface area contributed by atoms with Crippen molar-refractivity contribution < 1.29 is 4.39 Å². The fraction of sp³-hybridized carbons (Fsp3) is 0.429. The molecule has 2 aliphatic carbocycles. The number of hydrogen-bond donors (Lipinski definition) is 0. The number of aryl methyl sites for hydroxylation is 1. The molecule has 1 aromatic carbocycles. The zero-order valence-corrected chi connectivity index (χ0v) is 20.6. The number of anilines is 2. The van der Waals surface area contributed by atoms with E-state index < -0.39 is 0 Å². The van der Waals surface area contributed by atoms with Crippen LogP contribution in [0, 0.1) is 28.5 Å². The summed E-state index contributed by atoms with van der Waals surface area (Å²) in [5.74, 6) is -0.222. The first-order valence-corrected chi connectivity index (χ1v) is 12.5. The van der Waals surface area contributed by atoms with Gasteiger partial charge in [-0.25, -0.2) is 9.37 Å². The normalized spacial score (nSPS) is 19.8. The summed E-state index contributed by atoms with van der Waals surface area (Å²) in [5, 5.41) is 19.3. The Morgan fingerprint density at radius 2 is 1.58 bits per heavy atom. The van der Waals surface area contributed by atoms with Crippen molar-refractivity contribution in [3.8, 4) is 12.1 Å². The summed E-state index contributed by atoms with van der Waals surface area (Å²) in [5.41, 5.74) is 2.62. The number of nitriles is 2. The molecule has 0 atom stereocenters. The Hall–Kier alpha value is -3.91. The Kier molecular flexibility index (Phi) is 6.36. The third kappa shape index (κ3) is 4.07. The maximum atomic E-state index is 13.6. The Morgan fingerprint density at radius 1 is 0.944 bits per heavy atom. The van der Waals surface area contributed by atoms with Crippen molar-refractivity contribution in [3.63, 3.8) is 0 Å². The van der Waals surface area contributed by atoms with Crippen LogP contribution in [0.3, 0.4) is 0 Å². The van der Waals surface area contributed by atoms with Crippen LogP contribution in [0.4, 0.5) is 15.8 Å². The highest BCUT2D eigenvalue weighted by Crippen LogP contribution is 2.38. The van der Waals surface area contributed by atoms with E-state index in [4.69, 9.17) is 0 Å². The first-order chi connectivity index (χ1) is 17.4. The van der Waals surface area contributed by atoms with E-state index in [-0.39, 0.29) is 28.7 Å². The van der Waals surface area contributed by atoms with Crippen molar-refractivity contribution in [3.05, 3.63) is 63.8 Å². The van der Waals surface area contributed by atoms with Crippen molar-refractivity contribution in [2.75, 3.05) is 16.8 Å². The smallest absolute Gasteiger partial charge is 0.270 e. The van der Waals surface area contributed by atoms with Crippen LogP contribution in [0.1, 0.15) is 56.2 Å². The lowest BCUT2D eigenvalue weighted by Gasteiger charge is -2.47. The van der Waals surface area contributed by atoms with Crippen LogP contribution in [-0.2, 0) is 7.05 Å². The summed E-state index contributed by atoms with van der Waals surface area (Å²) in [7, 11) is 3.54. The second kappa shape index (κ2) is 9.62. The lowest BCUT2D eigenvalue weighted by atomic mass is 9.84. The van der Waals surface area contributed by atoms with E-state index in [2.05, 4.69) is 22.0 Å². The van der Waals surface area contributed by atoms with Crippen LogP contribution < -0.4 is 15.4 Å². The minimum atomic E-state index is -0.362. The molecule has 0 amide bonds. The predicted octanol–water partition coefficient (Wildman–Crippen LogP) is 4.62. The number of hydrogen-bond acceptors (Lipinski definition) is 6. The molecule has 0 radical (unpaired) electrons. The summed E-state index contributed by atoms with van der Waals surface area (Å²) in [4.78, 5) is 22.0. The molecule has 0 spiro atoms. The third-order valence-electron chi connectivity index (χ3n) is 7.99. The van der Waals surface area contributed by atoms with E-state index in [0.29, 0.717) is 28.8 Å². The van der Waals surface area contributed by atoms with E-state index in [0.717, 1.165) is 44.2 Å². The van der Waals surface area contributed by atoms with Gasteiger partial charge in [0.25, 0.3) is 5.56 Å². The summed E-state index contributed by atoms with van der Waals surface area (Å²) < 4.78 is 15.0. The first kappa shape index (κ1) is 23.8. The van der Waals surface area contributed by atoms with E-state index in [1.165, 1.54) is 23.1 Å². The summed E-state index contributed by atoms with van der Waals surface area (Å²) >= 11 is 0. The molecule has 3 aromatic rings. The van der Waals surface area contributed by atoms with Crippen molar-refractivity contribution in [2.24, 2.45) is 7.05 Å². The molecule has 2 heterocycles. The Morgan fingerprint density at radius 3 is 2.17 bits per heavy atom. The van der Waals surface area contributed by atoms with Gasteiger partial charge in [-0.1, -0.05) is 0 Å². The maximum absolute atomic E-state index is 13.6. The summed E-state index contributed by atoms with van der Waals surface area (Å²) in [6.07, 6.45) is 7.26. The number of benzene rings is 1. The zero-order valence-electron chi connectivity index (χ0n) is 20.6. The molecule has 8 heteroatoms. The molecule has 0 bridgehead atoms. The fourth-order valence-corrected chi connectivity index (χ4v) is 5.80. The van der Waals surface area contributed by atoms with E-state index >= 15 is 0 Å². The van der Waals surface area contributed by atoms with Gasteiger partial charge < -0.3 is 14.4 Å². The predicted molar refractivity (Wildman–Crippen MR) is 137 cm³/mol. The second-order valence-electron chi connectivity index (χ2n) is 9.92. The molecule has 0 aliphatic heterocycles. The molecule has 5 rings (SSSR count). The fourth-order valence-electron chi connectivity index (χ4n) is 5.80. The maximum Gasteiger partial charge on any atom is 0.270 e. The Bertz CT molecular complexity index is 1420. The topological polar surface area (TPSA) is 88.9 Å². The van der Waals surface area contributed by atoms with Gasteiger partial charge in [-0.2, -0.15) is 10.5 Å². The van der Waals surface area contributed by atoms with E-state index in [9.17, 15) is 19.7 Å². The molecular weight excluding hydrogens is 455 g/mol. The van der Waals surface area contributed by atoms with Crippen LogP contribution in [-0.4, -0.2) is 34.7 Å². The highest BCUT2D eigenvalue weighted by atomic mass is 19.1. The van der Waals surface area contributed by atoms with E-state index in [1.54, 1.807) is 19.2 Å². The highest BCUT2D eigenvalue weighted by molar-refractivity contribution is 5.92. The van der Waals surface area contributed by atoms with Gasteiger partial charge >= 0.3 is 0 Å². The molecule has 2 aliphatic rings. The minimum absolute atomic E-state index is 0.0552. The molecule has 2 saturated carbocycles. The van der Waals surface area contributed by atoms with Gasteiger partial charge in [-0.05, 0) is 81.3 Å². The molecule has 7 nitrogen and oxygen atoms in total. The lowest BCUT2D eigenvalue weighted by molar-refractivity contribution is 0.301. The van der Waals surface area contributed by atoms with Gasteiger partial charge in [0.2, 0.25) is 0 Å². The molecule has 2 fully saturated rings. The molecule has 2 aromatic heterocycles. The average Bonchev–Trinajstić information content (AvgIpc) is 2.88. The molecule has 36 heavy (non-hydrogen) atoms. The molecule has 0 N–H and O–H groups in total. The van der Waals surface area contributed by atoms with Crippen molar-refractivity contribution in [2.45, 2.75) is 63.1 Å². The Labute approximate surface area is 210 Å². The monoisotopic (exact) mass is 484 g/mol. The summed E-state index contributed by atoms with van der Waals surface area (Å²) in [6, 6.07) is 15.3. The van der Waals surface area contributed by atoms with Gasteiger partial charge in [-0.15, -0.1) is 0 Å². The standard InChI is InChI=1S/C28H29FN6O/c1-33(27-24(17-31)28(36)34(2)25-15-8-19(16-30)32-26(25)27)20-11-13-23(14-12-20)35(21-4-3-5-21)22-9-6-18(29)7-10-22/h6-10,15,20-21,23H,3-5,11-14H2,1-2H3/t20-,23+. The molecule has 0 unspecified atom stereocenters. The van der Waals surface area contributed by atoms with Gasteiger partial charge in [0.15, 0.2) is 0 Å². The van der Waals surface area contributed by atoms with Crippen molar-refractivity contribution in [1.82, 2.24) is 9.55 Å². The molecule has 0 saturated heterocycles. The van der Waals surface area contributed by atoms with E-state index in [1.807, 2.05) is 24.1 Å². The van der Waals surface area contributed by atoms with Crippen molar-refractivity contribution >= 4 is 22.4 Å². The van der Waals surface area contributed by atoms with Crippen LogP contribution in [0.25, 0.3) is 11.0 Å². The van der Waals surface area contributed by atoms with Crippen LogP contribution in [0.2, 0.25) is 0 Å².